The fraction of sp³-hybridized carbons (Fsp3) is 0.294. The fourth-order valence-electron chi connectivity index (χ4n) is 2.16. The van der Waals surface area contributed by atoms with Crippen molar-refractivity contribution in [1.82, 2.24) is 0 Å². The molecule has 22 heavy (non-hydrogen) atoms. The normalized spacial score (nSPS) is 10.5. The van der Waals surface area contributed by atoms with Crippen molar-refractivity contribution < 1.29 is 9.66 Å². The lowest BCUT2D eigenvalue weighted by Crippen LogP contribution is -2.01. The fourth-order valence-corrected chi connectivity index (χ4v) is 2.69. The number of ether oxygens (including phenoxy) is 1. The Morgan fingerprint density at radius 2 is 1.95 bits per heavy atom. The molecular formula is C17H18BrNO3. The molecule has 0 spiro atoms. The molecule has 5 heteroatoms. The van der Waals surface area contributed by atoms with Crippen molar-refractivity contribution >= 4 is 21.6 Å². The number of halogens is 1. The minimum Gasteiger partial charge on any atom is -0.488 e. The van der Waals surface area contributed by atoms with Gasteiger partial charge in [0, 0.05) is 0 Å². The standard InChI is InChI=1S/C17H18BrNO3/c1-2-3-9-14-10-15(18)16(19(20)21)11-17(14)22-12-13-7-5-4-6-8-13/h4-8,10-11H,2-3,9,12H2,1H3. The second-order valence-electron chi connectivity index (χ2n) is 5.05. The van der Waals surface area contributed by atoms with Crippen LogP contribution in [0.4, 0.5) is 5.69 Å². The molecule has 0 unspecified atom stereocenters. The highest BCUT2D eigenvalue weighted by Crippen LogP contribution is 2.34. The lowest BCUT2D eigenvalue weighted by Gasteiger charge is -2.12. The molecule has 2 rings (SSSR count). The molecule has 0 saturated heterocycles. The van der Waals surface area contributed by atoms with E-state index in [2.05, 4.69) is 22.9 Å². The summed E-state index contributed by atoms with van der Waals surface area (Å²) in [6.07, 6.45) is 2.93. The maximum absolute atomic E-state index is 11.1. The van der Waals surface area contributed by atoms with Crippen LogP contribution in [0.2, 0.25) is 0 Å². The molecule has 0 aliphatic heterocycles. The van der Waals surface area contributed by atoms with Gasteiger partial charge in [0.2, 0.25) is 0 Å². The van der Waals surface area contributed by atoms with E-state index in [0.717, 1.165) is 30.4 Å². The van der Waals surface area contributed by atoms with Gasteiger partial charge in [-0.2, -0.15) is 0 Å². The summed E-state index contributed by atoms with van der Waals surface area (Å²) in [5, 5.41) is 11.1. The smallest absolute Gasteiger partial charge is 0.287 e. The van der Waals surface area contributed by atoms with Crippen molar-refractivity contribution in [2.45, 2.75) is 32.8 Å². The van der Waals surface area contributed by atoms with Gasteiger partial charge in [0.1, 0.15) is 12.4 Å². The van der Waals surface area contributed by atoms with Gasteiger partial charge < -0.3 is 4.74 Å². The van der Waals surface area contributed by atoms with Crippen molar-refractivity contribution in [3.05, 3.63) is 68.2 Å². The molecule has 2 aromatic rings. The lowest BCUT2D eigenvalue weighted by atomic mass is 10.1. The van der Waals surface area contributed by atoms with Crippen LogP contribution in [0.1, 0.15) is 30.9 Å². The summed E-state index contributed by atoms with van der Waals surface area (Å²) in [5.41, 5.74) is 2.06. The van der Waals surface area contributed by atoms with Gasteiger partial charge in [-0.3, -0.25) is 10.1 Å². The van der Waals surface area contributed by atoms with E-state index in [9.17, 15) is 10.1 Å². The Bertz CT molecular complexity index is 644. The number of benzene rings is 2. The molecule has 116 valence electrons. The minimum absolute atomic E-state index is 0.0308. The zero-order chi connectivity index (χ0) is 15.9. The average Bonchev–Trinajstić information content (AvgIpc) is 2.52. The highest BCUT2D eigenvalue weighted by atomic mass is 79.9. The highest BCUT2D eigenvalue weighted by molar-refractivity contribution is 9.10. The third-order valence-electron chi connectivity index (χ3n) is 3.36. The highest BCUT2D eigenvalue weighted by Gasteiger charge is 2.17. The zero-order valence-electron chi connectivity index (χ0n) is 12.4. The predicted octanol–water partition coefficient (Wildman–Crippen LogP) is 5.28. The monoisotopic (exact) mass is 363 g/mol. The predicted molar refractivity (Wildman–Crippen MR) is 90.2 cm³/mol. The van der Waals surface area contributed by atoms with Crippen LogP contribution in [0.15, 0.2) is 46.9 Å². The van der Waals surface area contributed by atoms with Crippen molar-refractivity contribution in [3.8, 4) is 5.75 Å². The second-order valence-corrected chi connectivity index (χ2v) is 5.90. The van der Waals surface area contributed by atoms with Crippen LogP contribution >= 0.6 is 15.9 Å². The Morgan fingerprint density at radius 3 is 2.59 bits per heavy atom. The number of unbranched alkanes of at least 4 members (excludes halogenated alkanes) is 1. The molecule has 0 aromatic heterocycles. The van der Waals surface area contributed by atoms with E-state index in [0.29, 0.717) is 16.8 Å². The van der Waals surface area contributed by atoms with Gasteiger partial charge in [0.15, 0.2) is 0 Å². The average molecular weight is 364 g/mol. The Morgan fingerprint density at radius 1 is 1.23 bits per heavy atom. The number of rotatable bonds is 7. The molecular weight excluding hydrogens is 346 g/mol. The molecule has 4 nitrogen and oxygen atoms in total. The Hall–Kier alpha value is -1.88. The Labute approximate surface area is 138 Å². The van der Waals surface area contributed by atoms with Crippen LogP contribution < -0.4 is 4.74 Å². The van der Waals surface area contributed by atoms with Crippen LogP contribution in [0.25, 0.3) is 0 Å². The summed E-state index contributed by atoms with van der Waals surface area (Å²) in [6.45, 7) is 2.52. The van der Waals surface area contributed by atoms with Gasteiger partial charge >= 0.3 is 0 Å². The van der Waals surface area contributed by atoms with Crippen LogP contribution in [-0.4, -0.2) is 4.92 Å². The van der Waals surface area contributed by atoms with Gasteiger partial charge in [-0.05, 0) is 46.0 Å². The van der Waals surface area contributed by atoms with E-state index in [1.165, 1.54) is 6.07 Å². The Kier molecular flexibility index (Phi) is 5.95. The zero-order valence-corrected chi connectivity index (χ0v) is 14.0. The van der Waals surface area contributed by atoms with E-state index in [-0.39, 0.29) is 5.69 Å². The molecule has 2 aromatic carbocycles. The number of nitro groups is 1. The number of hydrogen-bond donors (Lipinski definition) is 0. The number of aryl methyl sites for hydroxylation is 1. The molecule has 0 heterocycles. The summed E-state index contributed by atoms with van der Waals surface area (Å²) >= 11 is 3.27. The maximum atomic E-state index is 11.1. The van der Waals surface area contributed by atoms with Crippen LogP contribution in [-0.2, 0) is 13.0 Å². The van der Waals surface area contributed by atoms with Crippen molar-refractivity contribution in [3.63, 3.8) is 0 Å². The first-order valence-corrected chi connectivity index (χ1v) is 8.04. The first-order valence-electron chi connectivity index (χ1n) is 7.25. The number of nitrogens with zero attached hydrogens (tertiary/aromatic N) is 1. The van der Waals surface area contributed by atoms with Gasteiger partial charge in [0.25, 0.3) is 5.69 Å². The number of hydrogen-bond acceptors (Lipinski definition) is 3. The molecule has 0 N–H and O–H groups in total. The molecule has 0 radical (unpaired) electrons. The third kappa shape index (κ3) is 4.31. The SMILES string of the molecule is CCCCc1cc(Br)c([N+](=O)[O-])cc1OCc1ccccc1. The lowest BCUT2D eigenvalue weighted by molar-refractivity contribution is -0.385. The summed E-state index contributed by atoms with van der Waals surface area (Å²) in [5.74, 6) is 0.590. The number of nitro benzene ring substituents is 1. The van der Waals surface area contributed by atoms with Crippen molar-refractivity contribution in [1.29, 1.82) is 0 Å². The maximum Gasteiger partial charge on any atom is 0.287 e. The summed E-state index contributed by atoms with van der Waals surface area (Å²) < 4.78 is 6.34. The Balaban J connectivity index is 2.25. The summed E-state index contributed by atoms with van der Waals surface area (Å²) in [6, 6.07) is 13.1. The van der Waals surface area contributed by atoms with E-state index in [4.69, 9.17) is 4.74 Å². The molecule has 0 aliphatic rings. The van der Waals surface area contributed by atoms with Crippen LogP contribution in [0.3, 0.4) is 0 Å². The van der Waals surface area contributed by atoms with Gasteiger partial charge in [0.05, 0.1) is 15.5 Å². The van der Waals surface area contributed by atoms with Gasteiger partial charge in [-0.15, -0.1) is 0 Å². The van der Waals surface area contributed by atoms with Crippen molar-refractivity contribution in [2.24, 2.45) is 0 Å². The molecule has 0 atom stereocenters. The van der Waals surface area contributed by atoms with Gasteiger partial charge in [-0.1, -0.05) is 43.7 Å². The van der Waals surface area contributed by atoms with Crippen molar-refractivity contribution in [2.75, 3.05) is 0 Å². The molecule has 0 bridgehead atoms. The third-order valence-corrected chi connectivity index (χ3v) is 4.00. The molecule has 0 aliphatic carbocycles. The molecule has 0 saturated carbocycles. The van der Waals surface area contributed by atoms with E-state index < -0.39 is 4.92 Å². The molecule has 0 amide bonds. The van der Waals surface area contributed by atoms with Gasteiger partial charge in [-0.25, -0.2) is 0 Å². The van der Waals surface area contributed by atoms with Crippen LogP contribution in [0.5, 0.6) is 5.75 Å². The quantitative estimate of drug-likeness (QED) is 0.496. The topological polar surface area (TPSA) is 52.4 Å². The van der Waals surface area contributed by atoms with E-state index in [1.807, 2.05) is 30.3 Å². The summed E-state index contributed by atoms with van der Waals surface area (Å²) in [4.78, 5) is 10.7. The molecule has 0 fully saturated rings. The first-order chi connectivity index (χ1) is 10.6. The van der Waals surface area contributed by atoms with E-state index in [1.54, 1.807) is 6.07 Å². The minimum atomic E-state index is -0.400. The first kappa shape index (κ1) is 16.5. The summed E-state index contributed by atoms with van der Waals surface area (Å²) in [7, 11) is 0. The van der Waals surface area contributed by atoms with Crippen LogP contribution in [0, 0.1) is 10.1 Å². The largest absolute Gasteiger partial charge is 0.488 e. The second kappa shape index (κ2) is 7.94. The van der Waals surface area contributed by atoms with E-state index >= 15 is 0 Å².